The monoisotopic (exact) mass is 807 g/mol. The van der Waals surface area contributed by atoms with Gasteiger partial charge < -0.3 is 14.2 Å². The topological polar surface area (TPSA) is 78.9 Å². The molecular weight excluding hydrogens is 709 g/mol. The van der Waals surface area contributed by atoms with E-state index in [9.17, 15) is 14.4 Å². The van der Waals surface area contributed by atoms with Crippen LogP contribution >= 0.6 is 0 Å². The summed E-state index contributed by atoms with van der Waals surface area (Å²) in [5.74, 6) is -0.845. The lowest BCUT2D eigenvalue weighted by molar-refractivity contribution is -0.167. The fourth-order valence-corrected chi connectivity index (χ4v) is 7.74. The molecule has 0 aromatic rings. The fourth-order valence-electron chi connectivity index (χ4n) is 7.74. The van der Waals surface area contributed by atoms with Crippen molar-refractivity contribution in [3.8, 4) is 0 Å². The Morgan fingerprint density at radius 3 is 0.702 bits per heavy atom. The van der Waals surface area contributed by atoms with Crippen molar-refractivity contribution in [2.24, 2.45) is 0 Å². The molecule has 0 radical (unpaired) electrons. The molecule has 0 aliphatic carbocycles. The second kappa shape index (κ2) is 47.1. The second-order valence-corrected chi connectivity index (χ2v) is 17.5. The number of hydrogen-bond donors (Lipinski definition) is 0. The maximum Gasteiger partial charge on any atom is 0.306 e. The molecule has 0 saturated carbocycles. The van der Waals surface area contributed by atoms with Gasteiger partial charge in [-0.15, -0.1) is 0 Å². The normalized spacial score (nSPS) is 11.8. The Morgan fingerprint density at radius 2 is 0.474 bits per heavy atom. The highest BCUT2D eigenvalue weighted by molar-refractivity contribution is 5.71. The molecule has 6 heteroatoms. The van der Waals surface area contributed by atoms with E-state index in [-0.39, 0.29) is 31.1 Å². The highest BCUT2D eigenvalue weighted by Crippen LogP contribution is 2.17. The van der Waals surface area contributed by atoms with E-state index in [1.165, 1.54) is 193 Å². The summed E-state index contributed by atoms with van der Waals surface area (Å²) >= 11 is 0. The highest BCUT2D eigenvalue weighted by atomic mass is 16.6. The molecule has 0 bridgehead atoms. The van der Waals surface area contributed by atoms with Crippen LogP contribution in [0, 0.1) is 0 Å². The highest BCUT2D eigenvalue weighted by Gasteiger charge is 2.19. The van der Waals surface area contributed by atoms with Crippen molar-refractivity contribution in [1.29, 1.82) is 0 Å². The van der Waals surface area contributed by atoms with Crippen molar-refractivity contribution >= 4 is 17.9 Å². The van der Waals surface area contributed by atoms with Gasteiger partial charge in [0.15, 0.2) is 6.10 Å². The minimum absolute atomic E-state index is 0.0622. The Morgan fingerprint density at radius 1 is 0.281 bits per heavy atom. The number of carbonyl (C=O) groups is 3. The molecule has 0 amide bonds. The molecule has 0 unspecified atom stereocenters. The van der Waals surface area contributed by atoms with E-state index >= 15 is 0 Å². The summed E-state index contributed by atoms with van der Waals surface area (Å²) in [6.07, 6.45) is 49.4. The molecule has 6 nitrogen and oxygen atoms in total. The van der Waals surface area contributed by atoms with E-state index in [0.29, 0.717) is 19.3 Å². The lowest BCUT2D eigenvalue weighted by atomic mass is 10.0. The van der Waals surface area contributed by atoms with Crippen LogP contribution in [0.5, 0.6) is 0 Å². The first-order chi connectivity index (χ1) is 28.0. The molecule has 0 rings (SSSR count). The van der Waals surface area contributed by atoms with Gasteiger partial charge in [0.05, 0.1) is 0 Å². The van der Waals surface area contributed by atoms with Gasteiger partial charge in [-0.25, -0.2) is 0 Å². The third-order valence-electron chi connectivity index (χ3n) is 11.6. The predicted octanol–water partition coefficient (Wildman–Crippen LogP) is 16.4. The average Bonchev–Trinajstić information content (AvgIpc) is 3.21. The molecule has 57 heavy (non-hydrogen) atoms. The fraction of sp³-hybridized carbons (Fsp3) is 0.941. The van der Waals surface area contributed by atoms with Crippen molar-refractivity contribution in [2.75, 3.05) is 13.2 Å². The van der Waals surface area contributed by atoms with Crippen molar-refractivity contribution in [3.63, 3.8) is 0 Å². The van der Waals surface area contributed by atoms with Gasteiger partial charge >= 0.3 is 17.9 Å². The van der Waals surface area contributed by atoms with Crippen LogP contribution in [0.2, 0.25) is 0 Å². The molecule has 0 saturated heterocycles. The summed E-state index contributed by atoms with van der Waals surface area (Å²) in [4.78, 5) is 37.8. The third-order valence-corrected chi connectivity index (χ3v) is 11.6. The Balaban J connectivity index is 4.25. The summed E-state index contributed by atoms with van der Waals surface area (Å²) in [7, 11) is 0. The molecule has 0 heterocycles. The Labute approximate surface area is 355 Å². The van der Waals surface area contributed by atoms with E-state index < -0.39 is 6.10 Å². The van der Waals surface area contributed by atoms with Crippen LogP contribution in [-0.4, -0.2) is 37.2 Å². The largest absolute Gasteiger partial charge is 0.462 e. The van der Waals surface area contributed by atoms with E-state index in [1.807, 2.05) is 0 Å². The van der Waals surface area contributed by atoms with Crippen molar-refractivity contribution in [1.82, 2.24) is 0 Å². The zero-order chi connectivity index (χ0) is 41.5. The first kappa shape index (κ1) is 55.4. The molecule has 0 aliphatic rings. The van der Waals surface area contributed by atoms with Crippen molar-refractivity contribution in [2.45, 2.75) is 297 Å². The SMILES string of the molecule is CCCCCCCCCCCCCCCCCCCCC(=O)O[C@H](COC(=O)CCCCCCCCCCCC)COC(=O)CCCCCCCCCCCCC. The molecule has 338 valence electrons. The Kier molecular flexibility index (Phi) is 45.8. The molecule has 0 N–H and O–H groups in total. The zero-order valence-corrected chi connectivity index (χ0v) is 38.6. The van der Waals surface area contributed by atoms with Crippen LogP contribution < -0.4 is 0 Å². The number of esters is 3. The Hall–Kier alpha value is -1.59. The first-order valence-electron chi connectivity index (χ1n) is 25.5. The molecular formula is C51H98O6. The van der Waals surface area contributed by atoms with E-state index in [2.05, 4.69) is 20.8 Å². The number of rotatable bonds is 47. The van der Waals surface area contributed by atoms with Crippen molar-refractivity contribution < 1.29 is 28.6 Å². The summed E-state index contributed by atoms with van der Waals surface area (Å²) in [6.45, 7) is 6.66. The summed E-state index contributed by atoms with van der Waals surface area (Å²) in [6, 6.07) is 0. The summed E-state index contributed by atoms with van der Waals surface area (Å²) < 4.78 is 16.8. The van der Waals surface area contributed by atoms with Crippen LogP contribution in [0.25, 0.3) is 0 Å². The van der Waals surface area contributed by atoms with Crippen LogP contribution in [0.1, 0.15) is 290 Å². The van der Waals surface area contributed by atoms with E-state index in [1.54, 1.807) is 0 Å². The first-order valence-corrected chi connectivity index (χ1v) is 25.5. The molecule has 1 atom stereocenters. The maximum atomic E-state index is 12.8. The van der Waals surface area contributed by atoms with Gasteiger partial charge in [0.1, 0.15) is 13.2 Å². The average molecular weight is 807 g/mol. The number of hydrogen-bond acceptors (Lipinski definition) is 6. The lowest BCUT2D eigenvalue weighted by Crippen LogP contribution is -2.30. The third kappa shape index (κ3) is 45.3. The van der Waals surface area contributed by atoms with Gasteiger partial charge in [0.25, 0.3) is 0 Å². The standard InChI is InChI=1S/C51H98O6/c1-4-7-10-13-16-19-22-23-24-25-26-27-28-30-33-36-39-42-45-51(54)57-48(46-55-49(52)43-40-37-34-31-21-18-15-12-9-6-3)47-56-50(53)44-41-38-35-32-29-20-17-14-11-8-5-2/h48H,4-47H2,1-3H3/t48-/m1/s1. The minimum Gasteiger partial charge on any atom is -0.462 e. The van der Waals surface area contributed by atoms with E-state index in [0.717, 1.165) is 57.8 Å². The van der Waals surface area contributed by atoms with E-state index in [4.69, 9.17) is 14.2 Å². The maximum absolute atomic E-state index is 12.8. The van der Waals surface area contributed by atoms with Crippen LogP contribution in [0.3, 0.4) is 0 Å². The quantitative estimate of drug-likeness (QED) is 0.0346. The molecule has 0 aromatic heterocycles. The Bertz CT molecular complexity index is 844. The molecule has 0 spiro atoms. The minimum atomic E-state index is -0.758. The summed E-state index contributed by atoms with van der Waals surface area (Å²) in [5, 5.41) is 0. The van der Waals surface area contributed by atoms with Crippen molar-refractivity contribution in [3.05, 3.63) is 0 Å². The smallest absolute Gasteiger partial charge is 0.306 e. The van der Waals surface area contributed by atoms with Gasteiger partial charge in [0.2, 0.25) is 0 Å². The molecule has 0 aromatic carbocycles. The van der Waals surface area contributed by atoms with Crippen LogP contribution in [-0.2, 0) is 28.6 Å². The summed E-state index contributed by atoms with van der Waals surface area (Å²) in [5.41, 5.74) is 0. The second-order valence-electron chi connectivity index (χ2n) is 17.5. The lowest BCUT2D eigenvalue weighted by Gasteiger charge is -2.18. The van der Waals surface area contributed by atoms with Gasteiger partial charge in [-0.3, -0.25) is 14.4 Å². The number of ether oxygens (including phenoxy) is 3. The van der Waals surface area contributed by atoms with Crippen LogP contribution in [0.15, 0.2) is 0 Å². The number of unbranched alkanes of at least 4 members (excludes halogenated alkanes) is 36. The molecule has 0 fully saturated rings. The molecule has 0 aliphatic heterocycles. The van der Waals surface area contributed by atoms with Gasteiger partial charge in [-0.05, 0) is 19.3 Å². The van der Waals surface area contributed by atoms with Gasteiger partial charge in [-0.2, -0.15) is 0 Å². The van der Waals surface area contributed by atoms with Gasteiger partial charge in [-0.1, -0.05) is 252 Å². The number of carbonyl (C=O) groups excluding carboxylic acids is 3. The zero-order valence-electron chi connectivity index (χ0n) is 38.6. The van der Waals surface area contributed by atoms with Gasteiger partial charge in [0, 0.05) is 19.3 Å². The predicted molar refractivity (Wildman–Crippen MR) is 243 cm³/mol. The van der Waals surface area contributed by atoms with Crippen LogP contribution in [0.4, 0.5) is 0 Å².